The fourth-order valence-corrected chi connectivity index (χ4v) is 1.14. The van der Waals surface area contributed by atoms with E-state index < -0.39 is 0 Å². The minimum absolute atomic E-state index is 0.105. The molecule has 0 fully saturated rings. The third-order valence-corrected chi connectivity index (χ3v) is 2.95. The van der Waals surface area contributed by atoms with Gasteiger partial charge in [-0.2, -0.15) is 5.26 Å². The van der Waals surface area contributed by atoms with Gasteiger partial charge in [0.2, 0.25) is 0 Å². The molecule has 16 heavy (non-hydrogen) atoms. The summed E-state index contributed by atoms with van der Waals surface area (Å²) in [5.41, 5.74) is 1.85. The fourth-order valence-electron chi connectivity index (χ4n) is 1.14. The summed E-state index contributed by atoms with van der Waals surface area (Å²) in [6, 6.07) is 9.63. The summed E-state index contributed by atoms with van der Waals surface area (Å²) in [6.07, 6.45) is 0. The Morgan fingerprint density at radius 2 is 1.81 bits per heavy atom. The lowest BCUT2D eigenvalue weighted by Crippen LogP contribution is -2.44. The van der Waals surface area contributed by atoms with Crippen LogP contribution in [0.25, 0.3) is 0 Å². The van der Waals surface area contributed by atoms with Gasteiger partial charge in [0, 0.05) is 17.8 Å². The van der Waals surface area contributed by atoms with Crippen molar-refractivity contribution in [3.05, 3.63) is 29.8 Å². The molecule has 0 unspecified atom stereocenters. The average molecular weight is 217 g/mol. The lowest BCUT2D eigenvalue weighted by atomic mass is 10.0. The van der Waals surface area contributed by atoms with E-state index in [1.165, 1.54) is 0 Å². The predicted molar refractivity (Wildman–Crippen MR) is 67.4 cm³/mol. The van der Waals surface area contributed by atoms with E-state index in [-0.39, 0.29) is 5.54 Å². The van der Waals surface area contributed by atoms with E-state index in [2.05, 4.69) is 44.2 Å². The van der Waals surface area contributed by atoms with Gasteiger partial charge >= 0.3 is 0 Å². The second-order valence-corrected chi connectivity index (χ2v) is 4.75. The molecule has 0 aromatic heterocycles. The van der Waals surface area contributed by atoms with E-state index in [1.807, 2.05) is 24.3 Å². The van der Waals surface area contributed by atoms with Gasteiger partial charge in [-0.3, -0.25) is 0 Å². The second-order valence-electron chi connectivity index (χ2n) is 4.75. The average Bonchev–Trinajstić information content (AvgIpc) is 2.27. The molecule has 0 aliphatic heterocycles. The first-order valence-electron chi connectivity index (χ1n) is 5.37. The Bertz CT molecular complexity index is 371. The zero-order valence-corrected chi connectivity index (χ0v) is 10.4. The van der Waals surface area contributed by atoms with Crippen LogP contribution in [0.1, 0.15) is 19.4 Å². The second kappa shape index (κ2) is 5.00. The molecule has 0 saturated heterocycles. The number of nitriles is 1. The van der Waals surface area contributed by atoms with Crippen LogP contribution in [0.2, 0.25) is 0 Å². The van der Waals surface area contributed by atoms with E-state index in [0.717, 1.165) is 12.2 Å². The molecule has 3 heteroatoms. The highest BCUT2D eigenvalue weighted by molar-refractivity contribution is 5.47. The molecule has 0 aliphatic rings. The van der Waals surface area contributed by atoms with Crippen molar-refractivity contribution < 1.29 is 0 Å². The third-order valence-electron chi connectivity index (χ3n) is 2.95. The van der Waals surface area contributed by atoms with Crippen molar-refractivity contribution >= 4 is 5.69 Å². The molecule has 0 aliphatic carbocycles. The van der Waals surface area contributed by atoms with Crippen LogP contribution in [0.4, 0.5) is 5.69 Å². The van der Waals surface area contributed by atoms with Crippen LogP contribution >= 0.6 is 0 Å². The monoisotopic (exact) mass is 217 g/mol. The fraction of sp³-hybridized carbons (Fsp3) is 0.462. The van der Waals surface area contributed by atoms with Gasteiger partial charge in [-0.15, -0.1) is 0 Å². The molecule has 0 heterocycles. The third kappa shape index (κ3) is 3.25. The van der Waals surface area contributed by atoms with Gasteiger partial charge in [0.15, 0.2) is 0 Å². The van der Waals surface area contributed by atoms with Crippen LogP contribution in [-0.2, 0) is 0 Å². The number of nitrogens with one attached hydrogen (secondary N) is 1. The van der Waals surface area contributed by atoms with Crippen molar-refractivity contribution in [2.75, 3.05) is 26.0 Å². The Morgan fingerprint density at radius 1 is 1.25 bits per heavy atom. The Hall–Kier alpha value is -1.53. The summed E-state index contributed by atoms with van der Waals surface area (Å²) in [6.45, 7) is 5.24. The maximum Gasteiger partial charge on any atom is 0.0991 e. The van der Waals surface area contributed by atoms with E-state index in [4.69, 9.17) is 5.26 Å². The first-order valence-corrected chi connectivity index (χ1v) is 5.37. The van der Waals surface area contributed by atoms with Crippen molar-refractivity contribution in [2.45, 2.75) is 19.4 Å². The van der Waals surface area contributed by atoms with E-state index in [9.17, 15) is 0 Å². The molecule has 0 atom stereocenters. The highest BCUT2D eigenvalue weighted by Crippen LogP contribution is 2.13. The molecular formula is C13H19N3. The van der Waals surface area contributed by atoms with E-state index in [0.29, 0.717) is 5.56 Å². The van der Waals surface area contributed by atoms with Crippen LogP contribution in [-0.4, -0.2) is 31.1 Å². The van der Waals surface area contributed by atoms with Crippen LogP contribution in [0.5, 0.6) is 0 Å². The topological polar surface area (TPSA) is 39.1 Å². The molecule has 0 amide bonds. The van der Waals surface area contributed by atoms with E-state index in [1.54, 1.807) is 0 Å². The summed E-state index contributed by atoms with van der Waals surface area (Å²) < 4.78 is 0. The largest absolute Gasteiger partial charge is 0.383 e. The summed E-state index contributed by atoms with van der Waals surface area (Å²) in [5, 5.41) is 12.0. The highest BCUT2D eigenvalue weighted by Gasteiger charge is 2.19. The first kappa shape index (κ1) is 12.5. The van der Waals surface area contributed by atoms with Crippen LogP contribution < -0.4 is 5.32 Å². The Morgan fingerprint density at radius 3 is 2.25 bits per heavy atom. The summed E-state index contributed by atoms with van der Waals surface area (Å²) in [5.74, 6) is 0. The number of likely N-dealkylation sites (N-methyl/N-ethyl adjacent to an activating group) is 1. The summed E-state index contributed by atoms with van der Waals surface area (Å²) >= 11 is 0. The van der Waals surface area contributed by atoms with Gasteiger partial charge in [0.05, 0.1) is 11.6 Å². The molecule has 1 N–H and O–H groups in total. The Kier molecular flexibility index (Phi) is 3.92. The molecule has 0 spiro atoms. The molecule has 3 nitrogen and oxygen atoms in total. The van der Waals surface area contributed by atoms with Crippen molar-refractivity contribution in [3.63, 3.8) is 0 Å². The molecule has 1 aromatic carbocycles. The maximum absolute atomic E-state index is 8.68. The van der Waals surface area contributed by atoms with Gasteiger partial charge in [-0.25, -0.2) is 0 Å². The molecule has 1 rings (SSSR count). The standard InChI is InChI=1S/C13H19N3/c1-13(2,16(3)4)10-15-12-7-5-11(9-14)6-8-12/h5-8,15H,10H2,1-4H3. The first-order chi connectivity index (χ1) is 7.45. The van der Waals surface area contributed by atoms with Crippen LogP contribution in [0, 0.1) is 11.3 Å². The molecule has 86 valence electrons. The number of rotatable bonds is 4. The van der Waals surface area contributed by atoms with Crippen LogP contribution in [0.3, 0.4) is 0 Å². The summed E-state index contributed by atoms with van der Waals surface area (Å²) in [7, 11) is 4.14. The number of nitrogens with zero attached hydrogens (tertiary/aromatic N) is 2. The summed E-state index contributed by atoms with van der Waals surface area (Å²) in [4.78, 5) is 2.18. The predicted octanol–water partition coefficient (Wildman–Crippen LogP) is 2.31. The molecule has 0 bridgehead atoms. The molecule has 0 radical (unpaired) electrons. The smallest absolute Gasteiger partial charge is 0.0991 e. The minimum Gasteiger partial charge on any atom is -0.383 e. The normalized spacial score (nSPS) is 11.2. The van der Waals surface area contributed by atoms with Gasteiger partial charge in [0.25, 0.3) is 0 Å². The number of hydrogen-bond donors (Lipinski definition) is 1. The van der Waals surface area contributed by atoms with Crippen molar-refractivity contribution in [3.8, 4) is 6.07 Å². The Labute approximate surface area is 97.7 Å². The van der Waals surface area contributed by atoms with Gasteiger partial charge < -0.3 is 10.2 Å². The Balaban J connectivity index is 2.59. The number of benzene rings is 1. The van der Waals surface area contributed by atoms with Crippen LogP contribution in [0.15, 0.2) is 24.3 Å². The van der Waals surface area contributed by atoms with Gasteiger partial charge in [-0.1, -0.05) is 0 Å². The highest BCUT2D eigenvalue weighted by atomic mass is 15.2. The van der Waals surface area contributed by atoms with Crippen molar-refractivity contribution in [1.82, 2.24) is 4.90 Å². The van der Waals surface area contributed by atoms with E-state index >= 15 is 0 Å². The number of anilines is 1. The zero-order chi connectivity index (χ0) is 12.2. The zero-order valence-electron chi connectivity index (χ0n) is 10.4. The molecule has 0 saturated carbocycles. The lowest BCUT2D eigenvalue weighted by molar-refractivity contribution is 0.210. The number of hydrogen-bond acceptors (Lipinski definition) is 3. The molecule has 1 aromatic rings. The minimum atomic E-state index is 0.105. The quantitative estimate of drug-likeness (QED) is 0.841. The van der Waals surface area contributed by atoms with Gasteiger partial charge in [0.1, 0.15) is 0 Å². The SMILES string of the molecule is CN(C)C(C)(C)CNc1ccc(C#N)cc1. The maximum atomic E-state index is 8.68. The molecular weight excluding hydrogens is 198 g/mol. The lowest BCUT2D eigenvalue weighted by Gasteiger charge is -2.33. The van der Waals surface area contributed by atoms with Crippen molar-refractivity contribution in [1.29, 1.82) is 5.26 Å². The van der Waals surface area contributed by atoms with Gasteiger partial charge in [-0.05, 0) is 52.2 Å². The van der Waals surface area contributed by atoms with Crippen molar-refractivity contribution in [2.24, 2.45) is 0 Å².